The van der Waals surface area contributed by atoms with Gasteiger partial charge in [0.15, 0.2) is 0 Å². The second-order valence-corrected chi connectivity index (χ2v) is 12.0. The lowest BCUT2D eigenvalue weighted by molar-refractivity contribution is -0.148. The summed E-state index contributed by atoms with van der Waals surface area (Å²) < 4.78 is 22.1. The largest absolute Gasteiger partial charge is 0.494 e. The Morgan fingerprint density at radius 1 is 0.864 bits per heavy atom. The van der Waals surface area contributed by atoms with E-state index >= 15 is 0 Å². The van der Waals surface area contributed by atoms with E-state index in [0.29, 0.717) is 49.4 Å². The van der Waals surface area contributed by atoms with E-state index in [1.54, 1.807) is 30.0 Å². The summed E-state index contributed by atoms with van der Waals surface area (Å²) >= 11 is 0. The van der Waals surface area contributed by atoms with Gasteiger partial charge in [-0.3, -0.25) is 9.59 Å². The van der Waals surface area contributed by atoms with Gasteiger partial charge in [0.05, 0.1) is 44.8 Å². The van der Waals surface area contributed by atoms with Crippen molar-refractivity contribution in [2.24, 2.45) is 11.8 Å². The van der Waals surface area contributed by atoms with Gasteiger partial charge in [0.1, 0.15) is 11.5 Å². The van der Waals surface area contributed by atoms with Gasteiger partial charge in [-0.2, -0.15) is 0 Å². The molecule has 0 bridgehead atoms. The second kappa shape index (κ2) is 17.7. The molecule has 0 atom stereocenters. The van der Waals surface area contributed by atoms with Crippen LogP contribution in [0.25, 0.3) is 0 Å². The highest BCUT2D eigenvalue weighted by molar-refractivity contribution is 5.90. The Morgan fingerprint density at radius 2 is 1.59 bits per heavy atom. The van der Waals surface area contributed by atoms with Crippen molar-refractivity contribution in [1.82, 2.24) is 4.90 Å². The van der Waals surface area contributed by atoms with Gasteiger partial charge in [0, 0.05) is 18.7 Å². The first-order valence-corrected chi connectivity index (χ1v) is 16.5. The van der Waals surface area contributed by atoms with Crippen molar-refractivity contribution in [2.75, 3.05) is 40.0 Å². The van der Waals surface area contributed by atoms with Gasteiger partial charge >= 0.3 is 11.9 Å². The van der Waals surface area contributed by atoms with E-state index in [0.717, 1.165) is 37.5 Å². The summed E-state index contributed by atoms with van der Waals surface area (Å²) in [4.78, 5) is 39.2. The van der Waals surface area contributed by atoms with Crippen molar-refractivity contribution >= 4 is 17.8 Å². The predicted octanol–water partition coefficient (Wildman–Crippen LogP) is 6.57. The van der Waals surface area contributed by atoms with Crippen LogP contribution < -0.4 is 9.47 Å². The highest BCUT2D eigenvalue weighted by Crippen LogP contribution is 2.28. The van der Waals surface area contributed by atoms with Crippen LogP contribution in [0.4, 0.5) is 0 Å². The molecule has 1 saturated heterocycles. The number of methoxy groups -OCH3 is 1. The molecule has 1 saturated carbocycles. The maximum absolute atomic E-state index is 13.2. The summed E-state index contributed by atoms with van der Waals surface area (Å²) in [6, 6.07) is 13.4. The minimum atomic E-state index is -0.428. The number of amides is 1. The van der Waals surface area contributed by atoms with Gasteiger partial charge in [0.2, 0.25) is 5.91 Å². The molecule has 8 nitrogen and oxygen atoms in total. The highest BCUT2D eigenvalue weighted by Gasteiger charge is 2.28. The average Bonchev–Trinajstić information content (AvgIpc) is 3.06. The molecule has 8 heteroatoms. The van der Waals surface area contributed by atoms with Gasteiger partial charge in [0.25, 0.3) is 0 Å². The number of hydrogen-bond acceptors (Lipinski definition) is 7. The monoisotopic (exact) mass is 607 g/mol. The van der Waals surface area contributed by atoms with E-state index in [4.69, 9.17) is 18.9 Å². The molecule has 240 valence electrons. The molecular weight excluding hydrogens is 558 g/mol. The summed E-state index contributed by atoms with van der Waals surface area (Å²) in [5.74, 6) is 1.51. The number of esters is 2. The number of likely N-dealkylation sites (tertiary alicyclic amines) is 1. The fourth-order valence-corrected chi connectivity index (χ4v) is 6.25. The number of nitrogens with zero attached hydrogens (tertiary/aromatic N) is 1. The molecule has 44 heavy (non-hydrogen) atoms. The Kier molecular flexibility index (Phi) is 13.4. The molecule has 1 heterocycles. The Hall–Kier alpha value is -3.55. The summed E-state index contributed by atoms with van der Waals surface area (Å²) in [5.41, 5.74) is 2.26. The van der Waals surface area contributed by atoms with Crippen LogP contribution in [0.1, 0.15) is 92.6 Å². The van der Waals surface area contributed by atoms with Crippen LogP contribution in [0.2, 0.25) is 0 Å². The Labute approximate surface area is 262 Å². The quantitative estimate of drug-likeness (QED) is 0.167. The van der Waals surface area contributed by atoms with Gasteiger partial charge < -0.3 is 23.8 Å². The Bertz CT molecular complexity index is 1200. The standard InChI is InChI=1S/C36H49NO7/c1-3-42-36(40)30-15-18-33(31(25-30)26-34(38)37-21-19-29(20-22-37)35(39)41-2)44-24-8-12-28-13-16-32(17-14-28)43-23-7-11-27-9-5-4-6-10-27/h13-18,25,27,29H,3-12,19-24,26H2,1-2H3. The number of carbonyl (C=O) groups is 3. The first-order chi connectivity index (χ1) is 21.5. The minimum Gasteiger partial charge on any atom is -0.494 e. The third kappa shape index (κ3) is 10.3. The second-order valence-electron chi connectivity index (χ2n) is 12.0. The lowest BCUT2D eigenvalue weighted by atomic mass is 9.86. The molecule has 0 radical (unpaired) electrons. The van der Waals surface area contributed by atoms with Crippen LogP contribution in [0, 0.1) is 11.8 Å². The highest BCUT2D eigenvalue weighted by atomic mass is 16.5. The number of ether oxygens (including phenoxy) is 4. The van der Waals surface area contributed by atoms with Gasteiger partial charge in [-0.25, -0.2) is 4.79 Å². The number of carbonyl (C=O) groups excluding carboxylic acids is 3. The summed E-state index contributed by atoms with van der Waals surface area (Å²) in [7, 11) is 1.39. The van der Waals surface area contributed by atoms with E-state index in [1.807, 2.05) is 12.1 Å². The van der Waals surface area contributed by atoms with Crippen molar-refractivity contribution in [3.63, 3.8) is 0 Å². The maximum atomic E-state index is 13.2. The molecule has 0 aromatic heterocycles. The van der Waals surface area contributed by atoms with E-state index in [-0.39, 0.29) is 30.8 Å². The Morgan fingerprint density at radius 3 is 2.30 bits per heavy atom. The predicted molar refractivity (Wildman–Crippen MR) is 169 cm³/mol. The SMILES string of the molecule is CCOC(=O)c1ccc(OCCCc2ccc(OCCCC3CCCCC3)cc2)c(CC(=O)N2CCC(C(=O)OC)CC2)c1. The first kappa shape index (κ1) is 33.3. The van der Waals surface area contributed by atoms with Crippen molar-refractivity contribution < 1.29 is 33.3 Å². The number of aryl methyl sites for hydroxylation is 1. The third-order valence-electron chi connectivity index (χ3n) is 8.84. The van der Waals surface area contributed by atoms with Crippen molar-refractivity contribution in [1.29, 1.82) is 0 Å². The van der Waals surface area contributed by atoms with Crippen LogP contribution in [-0.4, -0.2) is 62.8 Å². The summed E-state index contributed by atoms with van der Waals surface area (Å²) in [6.45, 7) is 4.28. The molecule has 2 fully saturated rings. The summed E-state index contributed by atoms with van der Waals surface area (Å²) in [5, 5.41) is 0. The zero-order chi connectivity index (χ0) is 31.1. The molecule has 0 unspecified atom stereocenters. The van der Waals surface area contributed by atoms with Crippen LogP contribution in [0.3, 0.4) is 0 Å². The fraction of sp³-hybridized carbons (Fsp3) is 0.583. The Balaban J connectivity index is 1.25. The zero-order valence-corrected chi connectivity index (χ0v) is 26.5. The number of hydrogen-bond donors (Lipinski definition) is 0. The lowest BCUT2D eigenvalue weighted by Crippen LogP contribution is -2.41. The molecule has 0 N–H and O–H groups in total. The molecule has 1 aliphatic heterocycles. The van der Waals surface area contributed by atoms with Crippen LogP contribution in [0.5, 0.6) is 11.5 Å². The fourth-order valence-electron chi connectivity index (χ4n) is 6.25. The average molecular weight is 608 g/mol. The molecule has 2 aliphatic rings. The van der Waals surface area contributed by atoms with E-state index < -0.39 is 5.97 Å². The van der Waals surface area contributed by atoms with Crippen LogP contribution in [0.15, 0.2) is 42.5 Å². The van der Waals surface area contributed by atoms with E-state index in [1.165, 1.54) is 51.2 Å². The minimum absolute atomic E-state index is 0.0598. The molecule has 2 aromatic rings. The normalized spacial score (nSPS) is 15.9. The van der Waals surface area contributed by atoms with Crippen molar-refractivity contribution in [2.45, 2.75) is 84.0 Å². The molecule has 2 aromatic carbocycles. The van der Waals surface area contributed by atoms with Gasteiger partial charge in [-0.05, 0) is 87.3 Å². The number of piperidine rings is 1. The lowest BCUT2D eigenvalue weighted by Gasteiger charge is -2.31. The van der Waals surface area contributed by atoms with Crippen LogP contribution in [-0.2, 0) is 31.9 Å². The van der Waals surface area contributed by atoms with Crippen LogP contribution >= 0.6 is 0 Å². The van der Waals surface area contributed by atoms with Crippen molar-refractivity contribution in [3.8, 4) is 11.5 Å². The third-order valence-corrected chi connectivity index (χ3v) is 8.84. The molecule has 1 aliphatic carbocycles. The number of rotatable bonds is 15. The maximum Gasteiger partial charge on any atom is 0.338 e. The number of benzene rings is 2. The first-order valence-electron chi connectivity index (χ1n) is 16.5. The van der Waals surface area contributed by atoms with Crippen molar-refractivity contribution in [3.05, 3.63) is 59.2 Å². The smallest absolute Gasteiger partial charge is 0.338 e. The molecule has 4 rings (SSSR count). The van der Waals surface area contributed by atoms with Gasteiger partial charge in [-0.15, -0.1) is 0 Å². The van der Waals surface area contributed by atoms with E-state index in [2.05, 4.69) is 12.1 Å². The van der Waals surface area contributed by atoms with E-state index in [9.17, 15) is 14.4 Å². The molecular formula is C36H49NO7. The summed E-state index contributed by atoms with van der Waals surface area (Å²) in [6.07, 6.45) is 12.3. The van der Waals surface area contributed by atoms with Gasteiger partial charge in [-0.1, -0.05) is 44.2 Å². The molecule has 1 amide bonds. The zero-order valence-electron chi connectivity index (χ0n) is 26.5. The molecule has 0 spiro atoms. The topological polar surface area (TPSA) is 91.4 Å².